The number of rotatable bonds is 16. The number of carbonyl (C=O) groups is 6. The number of amides is 7. The molecule has 1 aliphatic rings. The van der Waals surface area contributed by atoms with Crippen molar-refractivity contribution in [1.82, 2.24) is 30.7 Å². The van der Waals surface area contributed by atoms with Crippen LogP contribution >= 0.6 is 11.6 Å². The molecule has 0 aliphatic carbocycles. The lowest BCUT2D eigenvalue weighted by molar-refractivity contribution is -0.150. The minimum Gasteiger partial charge on any atom is -0.368 e. The highest BCUT2D eigenvalue weighted by molar-refractivity contribution is 6.27. The number of para-hydroxylation sites is 1. The van der Waals surface area contributed by atoms with Gasteiger partial charge in [0, 0.05) is 50.1 Å². The average molecular weight is 709 g/mol. The molecule has 14 nitrogen and oxygen atoms in total. The van der Waals surface area contributed by atoms with E-state index < -0.39 is 59.7 Å². The average Bonchev–Trinajstić information content (AvgIpc) is 3.53. The Morgan fingerprint density at radius 1 is 0.960 bits per heavy atom. The van der Waals surface area contributed by atoms with Gasteiger partial charge in [0.05, 0.1) is 0 Å². The molecule has 3 aromatic rings. The molecule has 4 atom stereocenters. The van der Waals surface area contributed by atoms with Gasteiger partial charge in [-0.15, -0.1) is 11.6 Å². The fraction of sp³-hybridized carbons (Fsp3) is 0.429. The van der Waals surface area contributed by atoms with Gasteiger partial charge in [-0.25, -0.2) is 4.79 Å². The molecule has 7 amide bonds. The first-order valence-electron chi connectivity index (χ1n) is 16.6. The van der Waals surface area contributed by atoms with Crippen LogP contribution in [-0.4, -0.2) is 101 Å². The number of aromatic amines is 1. The minimum atomic E-state index is -1.15. The van der Waals surface area contributed by atoms with E-state index in [9.17, 15) is 28.8 Å². The number of urea groups is 1. The smallest absolute Gasteiger partial charge is 0.312 e. The Bertz CT molecular complexity index is 1670. The molecule has 2 heterocycles. The van der Waals surface area contributed by atoms with Crippen molar-refractivity contribution in [3.8, 4) is 0 Å². The van der Waals surface area contributed by atoms with Gasteiger partial charge >= 0.3 is 6.03 Å². The number of nitrogens with two attached hydrogens (primary N) is 2. The Balaban J connectivity index is 1.58. The molecule has 15 heteroatoms. The number of fused-ring (bicyclic) bond motifs is 1. The second kappa shape index (κ2) is 18.0. The molecular weight excluding hydrogens is 664 g/mol. The van der Waals surface area contributed by atoms with E-state index >= 15 is 0 Å². The van der Waals surface area contributed by atoms with Crippen LogP contribution in [0.2, 0.25) is 0 Å². The third-order valence-corrected chi connectivity index (χ3v) is 9.21. The second-order valence-corrected chi connectivity index (χ2v) is 12.7. The van der Waals surface area contributed by atoms with Crippen LogP contribution in [0, 0.1) is 0 Å². The third kappa shape index (κ3) is 9.97. The fourth-order valence-electron chi connectivity index (χ4n) is 6.23. The van der Waals surface area contributed by atoms with Crippen molar-refractivity contribution in [2.24, 2.45) is 11.5 Å². The van der Waals surface area contributed by atoms with Crippen molar-refractivity contribution in [2.45, 2.75) is 69.1 Å². The zero-order valence-electron chi connectivity index (χ0n) is 28.0. The topological polar surface area (TPSA) is 213 Å². The number of halogens is 1. The molecule has 268 valence electrons. The van der Waals surface area contributed by atoms with E-state index in [1.54, 1.807) is 6.20 Å². The normalized spacial score (nSPS) is 16.1. The standard InChI is InChI=1S/C35H45ClN8O6/c1-43(30(45)20-36)29(18-22-10-3-2-4-11-22)34(49)44-17-8-7-15-28(44)33(48)42-27(19-23-21-40-25-13-6-5-12-24(23)25)32(47)41-26(31(37)46)14-9-16-39-35(38)50/h2-6,10-13,21,26-29,40H,7-9,14-20H2,1H3,(H2,37,46)(H,41,47)(H,42,48)(H3,38,39,50)/t26-,27-,28-,29-/m0/s1. The lowest BCUT2D eigenvalue weighted by Gasteiger charge is -2.39. The SMILES string of the molecule is CN(C(=O)CCl)[C@@H](Cc1ccccc1)C(=O)N1CCCC[C@H]1C(=O)N[C@@H](Cc1c[nH]c2ccccc12)C(=O)N[C@@H](CCCNC(N)=O)C(N)=O. The van der Waals surface area contributed by atoms with Gasteiger partial charge < -0.3 is 42.2 Å². The minimum absolute atomic E-state index is 0.0700. The first-order chi connectivity index (χ1) is 24.0. The first-order valence-corrected chi connectivity index (χ1v) is 17.2. The van der Waals surface area contributed by atoms with Gasteiger partial charge in [0.15, 0.2) is 0 Å². The van der Waals surface area contributed by atoms with Crippen LogP contribution in [0.25, 0.3) is 10.9 Å². The van der Waals surface area contributed by atoms with E-state index in [2.05, 4.69) is 20.9 Å². The molecule has 4 rings (SSSR count). The van der Waals surface area contributed by atoms with Crippen molar-refractivity contribution < 1.29 is 28.8 Å². The van der Waals surface area contributed by atoms with Crippen molar-refractivity contribution >= 4 is 58.1 Å². The lowest BCUT2D eigenvalue weighted by Crippen LogP contribution is -2.61. The van der Waals surface area contributed by atoms with E-state index in [-0.39, 0.29) is 38.2 Å². The molecule has 1 fully saturated rings. The van der Waals surface area contributed by atoms with Gasteiger partial charge in [0.2, 0.25) is 29.5 Å². The second-order valence-electron chi connectivity index (χ2n) is 12.4. The predicted molar refractivity (Wildman–Crippen MR) is 189 cm³/mol. The summed E-state index contributed by atoms with van der Waals surface area (Å²) in [4.78, 5) is 84.2. The number of hydrogen-bond donors (Lipinski definition) is 6. The summed E-state index contributed by atoms with van der Waals surface area (Å²) in [6.45, 7) is 0.459. The van der Waals surface area contributed by atoms with Gasteiger partial charge in [-0.1, -0.05) is 48.5 Å². The molecular formula is C35H45ClN8O6. The summed E-state index contributed by atoms with van der Waals surface area (Å²) in [5.74, 6) is -3.09. The summed E-state index contributed by atoms with van der Waals surface area (Å²) in [7, 11) is 1.52. The quantitative estimate of drug-likeness (QED) is 0.0953. The number of benzene rings is 2. The number of aromatic nitrogens is 1. The van der Waals surface area contributed by atoms with E-state index in [0.717, 1.165) is 22.0 Å². The largest absolute Gasteiger partial charge is 0.368 e. The summed E-state index contributed by atoms with van der Waals surface area (Å²) in [6.07, 6.45) is 4.15. The van der Waals surface area contributed by atoms with Gasteiger partial charge in [0.25, 0.3) is 0 Å². The van der Waals surface area contributed by atoms with Crippen LogP contribution in [0.4, 0.5) is 4.79 Å². The van der Waals surface area contributed by atoms with Crippen LogP contribution in [0.5, 0.6) is 0 Å². The third-order valence-electron chi connectivity index (χ3n) is 8.98. The van der Waals surface area contributed by atoms with Gasteiger partial charge in [0.1, 0.15) is 30.0 Å². The number of likely N-dealkylation sites (N-methyl/N-ethyl adjacent to an activating group) is 1. The molecule has 1 aromatic heterocycles. The molecule has 0 spiro atoms. The number of nitrogens with one attached hydrogen (secondary N) is 4. The predicted octanol–water partition coefficient (Wildman–Crippen LogP) is 1.30. The van der Waals surface area contributed by atoms with Gasteiger partial charge in [-0.3, -0.25) is 24.0 Å². The number of carbonyl (C=O) groups excluding carboxylic acids is 6. The highest BCUT2D eigenvalue weighted by atomic mass is 35.5. The molecule has 1 saturated heterocycles. The zero-order valence-corrected chi connectivity index (χ0v) is 28.8. The number of primary amides is 2. The fourth-order valence-corrected chi connectivity index (χ4v) is 6.42. The summed E-state index contributed by atoms with van der Waals surface area (Å²) in [5.41, 5.74) is 13.2. The maximum atomic E-state index is 14.2. The van der Waals surface area contributed by atoms with E-state index in [1.165, 1.54) is 16.8 Å². The van der Waals surface area contributed by atoms with Crippen molar-refractivity contribution in [2.75, 3.05) is 26.0 Å². The molecule has 8 N–H and O–H groups in total. The maximum Gasteiger partial charge on any atom is 0.312 e. The van der Waals surface area contributed by atoms with Crippen LogP contribution in [-0.2, 0) is 36.8 Å². The van der Waals surface area contributed by atoms with E-state index in [1.807, 2.05) is 54.6 Å². The van der Waals surface area contributed by atoms with E-state index in [0.29, 0.717) is 25.7 Å². The Hall–Kier alpha value is -5.11. The maximum absolute atomic E-state index is 14.2. The van der Waals surface area contributed by atoms with E-state index in [4.69, 9.17) is 23.1 Å². The number of piperidine rings is 1. The van der Waals surface area contributed by atoms with Crippen LogP contribution in [0.3, 0.4) is 0 Å². The number of nitrogens with zero attached hydrogens (tertiary/aromatic N) is 2. The van der Waals surface area contributed by atoms with Crippen LogP contribution < -0.4 is 27.4 Å². The van der Waals surface area contributed by atoms with Crippen molar-refractivity contribution in [3.63, 3.8) is 0 Å². The summed E-state index contributed by atoms with van der Waals surface area (Å²) < 4.78 is 0. The number of alkyl halides is 1. The molecule has 0 unspecified atom stereocenters. The summed E-state index contributed by atoms with van der Waals surface area (Å²) in [5, 5.41) is 8.82. The van der Waals surface area contributed by atoms with Gasteiger partial charge in [-0.05, 0) is 49.3 Å². The molecule has 1 aliphatic heterocycles. The van der Waals surface area contributed by atoms with Crippen molar-refractivity contribution in [1.29, 1.82) is 0 Å². The monoisotopic (exact) mass is 708 g/mol. The van der Waals surface area contributed by atoms with Gasteiger partial charge in [-0.2, -0.15) is 0 Å². The molecule has 2 aromatic carbocycles. The molecule has 0 radical (unpaired) electrons. The highest BCUT2D eigenvalue weighted by Gasteiger charge is 2.39. The highest BCUT2D eigenvalue weighted by Crippen LogP contribution is 2.23. The Morgan fingerprint density at radius 2 is 1.68 bits per heavy atom. The van der Waals surface area contributed by atoms with Crippen LogP contribution in [0.15, 0.2) is 60.8 Å². The summed E-state index contributed by atoms with van der Waals surface area (Å²) >= 11 is 5.88. The number of likely N-dealkylation sites (tertiary alicyclic amines) is 1. The number of hydrogen-bond acceptors (Lipinski definition) is 6. The first kappa shape index (κ1) is 37.7. The number of H-pyrrole nitrogens is 1. The van der Waals surface area contributed by atoms with Crippen LogP contribution in [0.1, 0.15) is 43.2 Å². The molecule has 50 heavy (non-hydrogen) atoms. The Labute approximate surface area is 295 Å². The summed E-state index contributed by atoms with van der Waals surface area (Å²) in [6, 6.07) is 12.0. The lowest BCUT2D eigenvalue weighted by atomic mass is 9.96. The molecule has 0 saturated carbocycles. The Morgan fingerprint density at radius 3 is 2.38 bits per heavy atom. The Kier molecular flexibility index (Phi) is 13.6. The molecule has 0 bridgehead atoms. The van der Waals surface area contributed by atoms with Crippen molar-refractivity contribution in [3.05, 3.63) is 71.9 Å². The zero-order chi connectivity index (χ0) is 36.2.